The first kappa shape index (κ1) is 21.5. The third kappa shape index (κ3) is 2.29. The molecule has 3 aromatic rings. The Morgan fingerprint density at radius 3 is 2.44 bits per heavy atom. The van der Waals surface area contributed by atoms with E-state index in [1.165, 1.54) is 0 Å². The number of nitrogens with zero attached hydrogens (tertiary/aromatic N) is 1. The fourth-order valence-electron chi connectivity index (χ4n) is 7.65. The lowest BCUT2D eigenvalue weighted by Gasteiger charge is -2.43. The van der Waals surface area contributed by atoms with Gasteiger partial charge < -0.3 is 10.6 Å². The first-order valence-corrected chi connectivity index (χ1v) is 12.6. The summed E-state index contributed by atoms with van der Waals surface area (Å²) in [6, 6.07) is 20.8. The molecule has 2 N–H and O–H groups in total. The van der Waals surface area contributed by atoms with Crippen LogP contribution in [0.1, 0.15) is 45.5 Å². The standard InChI is InChI=1S/C30H27N3O3/c1-17-12-14-19(15-13-17)26(34)24-23-11-6-16-33(23)30(21-9-5-7-18(2)25(21)32-28(30)36)29(24)20-8-3-4-10-22(20)31-27(29)35/h3-5,7-10,12-15,23-24H,6,11,16H2,1-2H3,(H,31,35)(H,32,36)/t23-,24+,29-,30-/m0/s1. The Morgan fingerprint density at radius 1 is 0.889 bits per heavy atom. The van der Waals surface area contributed by atoms with Gasteiger partial charge in [0.2, 0.25) is 5.91 Å². The van der Waals surface area contributed by atoms with Crippen molar-refractivity contribution in [3.8, 4) is 0 Å². The highest BCUT2D eigenvalue weighted by molar-refractivity contribution is 6.21. The Bertz CT molecular complexity index is 1480. The second-order valence-corrected chi connectivity index (χ2v) is 10.6. The minimum absolute atomic E-state index is 0.0791. The van der Waals surface area contributed by atoms with E-state index >= 15 is 0 Å². The van der Waals surface area contributed by atoms with Crippen molar-refractivity contribution in [1.82, 2.24) is 4.90 Å². The largest absolute Gasteiger partial charge is 0.325 e. The molecule has 2 saturated heterocycles. The normalized spacial score (nSPS) is 29.8. The number of rotatable bonds is 2. The summed E-state index contributed by atoms with van der Waals surface area (Å²) in [5, 5.41) is 6.23. The van der Waals surface area contributed by atoms with Gasteiger partial charge in [-0.2, -0.15) is 0 Å². The lowest BCUT2D eigenvalue weighted by Crippen LogP contribution is -2.62. The summed E-state index contributed by atoms with van der Waals surface area (Å²) in [4.78, 5) is 45.5. The number of aryl methyl sites for hydroxylation is 2. The highest BCUT2D eigenvalue weighted by Gasteiger charge is 2.81. The van der Waals surface area contributed by atoms with E-state index in [0.29, 0.717) is 17.8 Å². The van der Waals surface area contributed by atoms with Crippen molar-refractivity contribution in [3.63, 3.8) is 0 Å². The SMILES string of the molecule is Cc1ccc(C(=O)[C@H]2[C@@H]3CCCN3[C@@]3(C(=O)Nc4c(C)cccc43)[C@]23C(=O)Nc2ccccc23)cc1. The molecule has 4 aliphatic heterocycles. The number of nitrogens with one attached hydrogen (secondary N) is 2. The Labute approximate surface area is 209 Å². The molecule has 4 aliphatic rings. The average Bonchev–Trinajstić information content (AvgIpc) is 3.59. The van der Waals surface area contributed by atoms with Crippen LogP contribution in [-0.2, 0) is 20.5 Å². The minimum atomic E-state index is -1.39. The van der Waals surface area contributed by atoms with E-state index < -0.39 is 16.9 Å². The van der Waals surface area contributed by atoms with Crippen LogP contribution < -0.4 is 10.6 Å². The van der Waals surface area contributed by atoms with Gasteiger partial charge in [0.15, 0.2) is 5.78 Å². The molecule has 180 valence electrons. The summed E-state index contributed by atoms with van der Waals surface area (Å²) in [6.07, 6.45) is 1.63. The molecule has 0 bridgehead atoms. The topological polar surface area (TPSA) is 78.5 Å². The van der Waals surface area contributed by atoms with E-state index in [2.05, 4.69) is 15.5 Å². The van der Waals surface area contributed by atoms with Gasteiger partial charge in [-0.1, -0.05) is 66.2 Å². The molecule has 0 saturated carbocycles. The molecule has 36 heavy (non-hydrogen) atoms. The Morgan fingerprint density at radius 2 is 1.64 bits per heavy atom. The molecule has 7 rings (SSSR count). The van der Waals surface area contributed by atoms with Crippen LogP contribution in [0.15, 0.2) is 66.7 Å². The van der Waals surface area contributed by atoms with Gasteiger partial charge in [-0.15, -0.1) is 0 Å². The zero-order valence-corrected chi connectivity index (χ0v) is 20.3. The van der Waals surface area contributed by atoms with Crippen molar-refractivity contribution >= 4 is 29.0 Å². The second kappa shape index (κ2) is 7.14. The van der Waals surface area contributed by atoms with E-state index in [9.17, 15) is 14.4 Å². The predicted molar refractivity (Wildman–Crippen MR) is 137 cm³/mol. The highest BCUT2D eigenvalue weighted by atomic mass is 16.2. The number of carbonyl (C=O) groups excluding carboxylic acids is 3. The van der Waals surface area contributed by atoms with Crippen LogP contribution in [0.4, 0.5) is 11.4 Å². The minimum Gasteiger partial charge on any atom is -0.325 e. The summed E-state index contributed by atoms with van der Waals surface area (Å²) in [5.41, 5.74) is 2.86. The van der Waals surface area contributed by atoms with Gasteiger partial charge >= 0.3 is 0 Å². The van der Waals surface area contributed by atoms with Gasteiger partial charge in [-0.3, -0.25) is 19.3 Å². The number of carbonyl (C=O) groups is 3. The summed E-state index contributed by atoms with van der Waals surface area (Å²) in [5.74, 6) is -1.27. The molecule has 0 aromatic heterocycles. The maximum Gasteiger partial charge on any atom is 0.251 e. The van der Waals surface area contributed by atoms with Crippen molar-refractivity contribution in [3.05, 3.63) is 94.5 Å². The molecule has 3 aromatic carbocycles. The number of fused-ring (bicyclic) bond motifs is 7. The highest BCUT2D eigenvalue weighted by Crippen LogP contribution is 2.68. The lowest BCUT2D eigenvalue weighted by atomic mass is 9.57. The number of anilines is 2. The van der Waals surface area contributed by atoms with Gasteiger partial charge in [0.05, 0.1) is 5.92 Å². The van der Waals surface area contributed by atoms with Gasteiger partial charge in [0, 0.05) is 28.5 Å². The zero-order valence-electron chi connectivity index (χ0n) is 20.3. The fourth-order valence-corrected chi connectivity index (χ4v) is 7.65. The first-order chi connectivity index (χ1) is 17.4. The van der Waals surface area contributed by atoms with Crippen molar-refractivity contribution in [2.45, 2.75) is 43.7 Å². The zero-order chi connectivity index (χ0) is 24.8. The maximum absolute atomic E-state index is 14.5. The number of benzene rings is 3. The molecule has 4 heterocycles. The average molecular weight is 478 g/mol. The van der Waals surface area contributed by atoms with E-state index in [0.717, 1.165) is 40.8 Å². The number of Topliss-reactive ketones (excluding diaryl/α,β-unsaturated/α-hetero) is 1. The number of hydrogen-bond acceptors (Lipinski definition) is 4. The summed E-state index contributed by atoms with van der Waals surface area (Å²) >= 11 is 0. The molecular weight excluding hydrogens is 450 g/mol. The lowest BCUT2D eigenvalue weighted by molar-refractivity contribution is -0.137. The van der Waals surface area contributed by atoms with Gasteiger partial charge in [-0.25, -0.2) is 0 Å². The summed E-state index contributed by atoms with van der Waals surface area (Å²) < 4.78 is 0. The molecule has 0 radical (unpaired) electrons. The van der Waals surface area contributed by atoms with Crippen LogP contribution in [0.3, 0.4) is 0 Å². The number of ketones is 1. The van der Waals surface area contributed by atoms with Crippen LogP contribution >= 0.6 is 0 Å². The van der Waals surface area contributed by atoms with E-state index in [-0.39, 0.29) is 23.6 Å². The Balaban J connectivity index is 1.59. The second-order valence-electron chi connectivity index (χ2n) is 10.6. The number of amides is 2. The van der Waals surface area contributed by atoms with E-state index in [1.54, 1.807) is 0 Å². The molecule has 6 heteroatoms. The molecule has 0 aliphatic carbocycles. The first-order valence-electron chi connectivity index (χ1n) is 12.6. The number of hydrogen-bond donors (Lipinski definition) is 2. The molecule has 2 fully saturated rings. The molecule has 4 atom stereocenters. The van der Waals surface area contributed by atoms with Crippen LogP contribution in [0, 0.1) is 19.8 Å². The number of para-hydroxylation sites is 2. The Kier molecular flexibility index (Phi) is 4.26. The van der Waals surface area contributed by atoms with Gasteiger partial charge in [0.1, 0.15) is 11.0 Å². The molecule has 6 nitrogen and oxygen atoms in total. The fraction of sp³-hybridized carbons (Fsp3) is 0.300. The Hall–Kier alpha value is -3.77. The van der Waals surface area contributed by atoms with Crippen LogP contribution in [0.5, 0.6) is 0 Å². The smallest absolute Gasteiger partial charge is 0.251 e. The molecular formula is C30H27N3O3. The van der Waals surface area contributed by atoms with Crippen molar-refractivity contribution in [1.29, 1.82) is 0 Å². The van der Waals surface area contributed by atoms with E-state index in [4.69, 9.17) is 0 Å². The third-order valence-electron chi connectivity index (χ3n) is 8.96. The van der Waals surface area contributed by atoms with E-state index in [1.807, 2.05) is 80.6 Å². The summed E-state index contributed by atoms with van der Waals surface area (Å²) in [6.45, 7) is 4.61. The van der Waals surface area contributed by atoms with Gasteiger partial charge in [-0.05, 0) is 50.4 Å². The monoisotopic (exact) mass is 477 g/mol. The van der Waals surface area contributed by atoms with Crippen molar-refractivity contribution in [2.24, 2.45) is 5.92 Å². The third-order valence-corrected chi connectivity index (χ3v) is 8.96. The molecule has 2 spiro atoms. The van der Waals surface area contributed by atoms with Crippen molar-refractivity contribution in [2.75, 3.05) is 17.2 Å². The maximum atomic E-state index is 14.5. The van der Waals surface area contributed by atoms with Gasteiger partial charge in [0.25, 0.3) is 5.91 Å². The van der Waals surface area contributed by atoms with Crippen LogP contribution in [0.2, 0.25) is 0 Å². The van der Waals surface area contributed by atoms with Crippen LogP contribution in [0.25, 0.3) is 0 Å². The molecule has 0 unspecified atom stereocenters. The van der Waals surface area contributed by atoms with Crippen molar-refractivity contribution < 1.29 is 14.4 Å². The summed E-state index contributed by atoms with van der Waals surface area (Å²) in [7, 11) is 0. The molecule has 2 amide bonds. The quantitative estimate of drug-likeness (QED) is 0.539. The predicted octanol–water partition coefficient (Wildman–Crippen LogP) is 4.32. The van der Waals surface area contributed by atoms with Crippen LogP contribution in [-0.4, -0.2) is 35.1 Å².